The molecule has 2 rings (SSSR count). The van der Waals surface area contributed by atoms with Crippen molar-refractivity contribution in [2.24, 2.45) is 0 Å². The van der Waals surface area contributed by atoms with Crippen molar-refractivity contribution in [2.75, 3.05) is 0 Å². The molecule has 2 aromatic heterocycles. The number of nitrogens with one attached hydrogen (secondary N) is 2. The van der Waals surface area contributed by atoms with Gasteiger partial charge in [-0.25, -0.2) is 4.79 Å². The fourth-order valence-corrected chi connectivity index (χ4v) is 1.72. The molecule has 1 amide bonds. The van der Waals surface area contributed by atoms with Gasteiger partial charge in [0, 0.05) is 17.3 Å². The lowest BCUT2D eigenvalue weighted by Gasteiger charge is -2.19. The summed E-state index contributed by atoms with van der Waals surface area (Å²) in [6.07, 6.45) is 2.44. The molecular weight excluding hydrogens is 284 g/mol. The summed E-state index contributed by atoms with van der Waals surface area (Å²) in [4.78, 5) is 15.8. The predicted octanol–water partition coefficient (Wildman–Crippen LogP) is 2.90. The molecule has 116 valence electrons. The minimum atomic E-state index is -0.685. The van der Waals surface area contributed by atoms with E-state index < -0.39 is 11.7 Å². The number of amides is 1. The molecule has 0 aliphatic heterocycles. The van der Waals surface area contributed by atoms with Gasteiger partial charge in [0.15, 0.2) is 5.84 Å². The molecule has 0 saturated heterocycles. The number of amidine groups is 1. The number of aromatic nitrogens is 2. The molecule has 2 aromatic rings. The molecule has 0 aliphatic carbocycles. The summed E-state index contributed by atoms with van der Waals surface area (Å²) in [6.45, 7) is 7.14. The van der Waals surface area contributed by atoms with E-state index in [0.717, 1.165) is 11.1 Å². The van der Waals surface area contributed by atoms with Gasteiger partial charge in [-0.15, -0.1) is 0 Å². The van der Waals surface area contributed by atoms with Crippen molar-refractivity contribution >= 4 is 11.9 Å². The highest BCUT2D eigenvalue weighted by Gasteiger charge is 2.18. The lowest BCUT2D eigenvalue weighted by molar-refractivity contribution is 0.0563. The zero-order valence-corrected chi connectivity index (χ0v) is 12.9. The van der Waals surface area contributed by atoms with Gasteiger partial charge in [-0.2, -0.15) is 0 Å². The molecule has 0 aromatic carbocycles. The van der Waals surface area contributed by atoms with Gasteiger partial charge in [-0.05, 0) is 39.8 Å². The summed E-state index contributed by atoms with van der Waals surface area (Å²) >= 11 is 0. The summed E-state index contributed by atoms with van der Waals surface area (Å²) in [7, 11) is 0. The predicted molar refractivity (Wildman–Crippen MR) is 80.7 cm³/mol. The SMILES string of the molecule is Cc1conc1-c1ccc(C(=N)NC(=O)OC(C)(C)C)nc1. The van der Waals surface area contributed by atoms with Crippen LogP contribution in [0.1, 0.15) is 32.0 Å². The molecular formula is C15H18N4O3. The quantitative estimate of drug-likeness (QED) is 0.656. The fourth-order valence-electron chi connectivity index (χ4n) is 1.72. The van der Waals surface area contributed by atoms with Crippen LogP contribution in [-0.2, 0) is 4.74 Å². The van der Waals surface area contributed by atoms with Gasteiger partial charge in [0.1, 0.15) is 23.3 Å². The Bertz CT molecular complexity index is 684. The van der Waals surface area contributed by atoms with Crippen molar-refractivity contribution in [1.82, 2.24) is 15.5 Å². The Morgan fingerprint density at radius 2 is 2.09 bits per heavy atom. The summed E-state index contributed by atoms with van der Waals surface area (Å²) in [5, 5.41) is 14.1. The number of carbonyl (C=O) groups is 1. The number of aryl methyl sites for hydroxylation is 1. The van der Waals surface area contributed by atoms with Crippen LogP contribution in [0.5, 0.6) is 0 Å². The summed E-state index contributed by atoms with van der Waals surface area (Å²) in [5.74, 6) is -0.127. The Kier molecular flexibility index (Phi) is 4.25. The van der Waals surface area contributed by atoms with Gasteiger partial charge in [0.25, 0.3) is 0 Å². The smallest absolute Gasteiger partial charge is 0.413 e. The molecule has 0 atom stereocenters. The van der Waals surface area contributed by atoms with Crippen LogP contribution < -0.4 is 5.32 Å². The lowest BCUT2D eigenvalue weighted by Crippen LogP contribution is -2.36. The fraction of sp³-hybridized carbons (Fsp3) is 0.333. The van der Waals surface area contributed by atoms with E-state index in [0.29, 0.717) is 11.4 Å². The highest BCUT2D eigenvalue weighted by molar-refractivity contribution is 6.03. The van der Waals surface area contributed by atoms with E-state index in [4.69, 9.17) is 14.7 Å². The van der Waals surface area contributed by atoms with E-state index in [2.05, 4.69) is 15.5 Å². The van der Waals surface area contributed by atoms with E-state index in [1.807, 2.05) is 6.92 Å². The first kappa shape index (κ1) is 15.7. The monoisotopic (exact) mass is 302 g/mol. The maximum atomic E-state index is 11.6. The van der Waals surface area contributed by atoms with Gasteiger partial charge in [0.05, 0.1) is 0 Å². The van der Waals surface area contributed by atoms with Crippen LogP contribution in [0.2, 0.25) is 0 Å². The number of hydrogen-bond donors (Lipinski definition) is 2. The van der Waals surface area contributed by atoms with Crippen molar-refractivity contribution in [3.05, 3.63) is 35.9 Å². The highest BCUT2D eigenvalue weighted by Crippen LogP contribution is 2.20. The van der Waals surface area contributed by atoms with Gasteiger partial charge in [0.2, 0.25) is 0 Å². The van der Waals surface area contributed by atoms with Crippen LogP contribution in [0.3, 0.4) is 0 Å². The second-order valence-electron chi connectivity index (χ2n) is 5.78. The van der Waals surface area contributed by atoms with Gasteiger partial charge >= 0.3 is 6.09 Å². The average molecular weight is 302 g/mol. The second kappa shape index (κ2) is 5.97. The molecule has 7 nitrogen and oxygen atoms in total. The third kappa shape index (κ3) is 3.91. The zero-order valence-electron chi connectivity index (χ0n) is 12.9. The van der Waals surface area contributed by atoms with Gasteiger partial charge in [-0.3, -0.25) is 15.7 Å². The standard InChI is InChI=1S/C15H18N4O3/c1-9-8-21-19-12(9)10-5-6-11(17-7-10)13(16)18-14(20)22-15(2,3)4/h5-8H,1-4H3,(H2,16,18,20). The number of alkyl carbamates (subject to hydrolysis) is 1. The maximum absolute atomic E-state index is 11.6. The van der Waals surface area contributed by atoms with Crippen LogP contribution in [0, 0.1) is 12.3 Å². The number of rotatable bonds is 2. The van der Waals surface area contributed by atoms with Crippen molar-refractivity contribution in [3.8, 4) is 11.3 Å². The van der Waals surface area contributed by atoms with Gasteiger partial charge in [-0.1, -0.05) is 5.16 Å². The van der Waals surface area contributed by atoms with Crippen LogP contribution in [0.15, 0.2) is 29.1 Å². The number of carbonyl (C=O) groups excluding carboxylic acids is 1. The summed E-state index contributed by atoms with van der Waals surface area (Å²) in [6, 6.07) is 3.39. The molecule has 0 aliphatic rings. The number of hydrogen-bond acceptors (Lipinski definition) is 6. The Morgan fingerprint density at radius 1 is 1.36 bits per heavy atom. The Labute approximate surface area is 128 Å². The summed E-state index contributed by atoms with van der Waals surface area (Å²) in [5.41, 5.74) is 2.09. The van der Waals surface area contributed by atoms with Gasteiger partial charge < -0.3 is 9.26 Å². The topological polar surface area (TPSA) is 101 Å². The van der Waals surface area contributed by atoms with Crippen molar-refractivity contribution < 1.29 is 14.1 Å². The number of nitrogens with zero attached hydrogens (tertiary/aromatic N) is 2. The largest absolute Gasteiger partial charge is 0.444 e. The number of pyridine rings is 1. The van der Waals surface area contributed by atoms with E-state index in [1.165, 1.54) is 0 Å². The molecule has 0 fully saturated rings. The Balaban J connectivity index is 2.06. The molecule has 0 bridgehead atoms. The first-order chi connectivity index (χ1) is 10.3. The zero-order chi connectivity index (χ0) is 16.3. The van der Waals surface area contributed by atoms with Crippen LogP contribution in [-0.4, -0.2) is 27.7 Å². The molecule has 0 spiro atoms. The second-order valence-corrected chi connectivity index (χ2v) is 5.78. The van der Waals surface area contributed by atoms with Crippen LogP contribution in [0.25, 0.3) is 11.3 Å². The van der Waals surface area contributed by atoms with Crippen molar-refractivity contribution in [3.63, 3.8) is 0 Å². The van der Waals surface area contributed by atoms with E-state index in [1.54, 1.807) is 45.4 Å². The Morgan fingerprint density at radius 3 is 2.59 bits per heavy atom. The minimum Gasteiger partial charge on any atom is -0.444 e. The molecule has 0 saturated carbocycles. The van der Waals surface area contributed by atoms with E-state index in [9.17, 15) is 4.79 Å². The number of ether oxygens (including phenoxy) is 1. The molecule has 7 heteroatoms. The third-order valence-electron chi connectivity index (χ3n) is 2.67. The molecule has 22 heavy (non-hydrogen) atoms. The highest BCUT2D eigenvalue weighted by atomic mass is 16.6. The summed E-state index contributed by atoms with van der Waals surface area (Å²) < 4.78 is 9.97. The first-order valence-corrected chi connectivity index (χ1v) is 6.72. The normalized spacial score (nSPS) is 11.1. The lowest BCUT2D eigenvalue weighted by atomic mass is 10.1. The first-order valence-electron chi connectivity index (χ1n) is 6.72. The van der Waals surface area contributed by atoms with Crippen molar-refractivity contribution in [1.29, 1.82) is 5.41 Å². The average Bonchev–Trinajstić information content (AvgIpc) is 2.83. The van der Waals surface area contributed by atoms with Crippen LogP contribution in [0.4, 0.5) is 4.79 Å². The van der Waals surface area contributed by atoms with Crippen molar-refractivity contribution in [2.45, 2.75) is 33.3 Å². The molecule has 0 radical (unpaired) electrons. The molecule has 2 heterocycles. The van der Waals surface area contributed by atoms with E-state index in [-0.39, 0.29) is 5.84 Å². The maximum Gasteiger partial charge on any atom is 0.413 e. The van der Waals surface area contributed by atoms with Crippen LogP contribution >= 0.6 is 0 Å². The molecule has 2 N–H and O–H groups in total. The Hall–Kier alpha value is -2.70. The minimum absolute atomic E-state index is 0.127. The molecule has 0 unspecified atom stereocenters. The van der Waals surface area contributed by atoms with E-state index >= 15 is 0 Å². The third-order valence-corrected chi connectivity index (χ3v) is 2.67.